The number of hydrogen-bond acceptors (Lipinski definition) is 4. The number of hydrogen-bond donors (Lipinski definition) is 0. The van der Waals surface area contributed by atoms with E-state index in [0.29, 0.717) is 6.54 Å². The average molecular weight is 257 g/mol. The van der Waals surface area contributed by atoms with Gasteiger partial charge in [0.15, 0.2) is 0 Å². The van der Waals surface area contributed by atoms with Crippen LogP contribution in [0, 0.1) is 17.0 Å². The van der Waals surface area contributed by atoms with E-state index in [-0.39, 0.29) is 5.69 Å². The van der Waals surface area contributed by atoms with Gasteiger partial charge in [0.25, 0.3) is 5.69 Å². The summed E-state index contributed by atoms with van der Waals surface area (Å²) < 4.78 is 7.01. The lowest BCUT2D eigenvalue weighted by molar-refractivity contribution is -0.384. The summed E-state index contributed by atoms with van der Waals surface area (Å²) in [5, 5.41) is 15.5. The van der Waals surface area contributed by atoms with E-state index < -0.39 is 4.92 Å². The van der Waals surface area contributed by atoms with Gasteiger partial charge in [-0.3, -0.25) is 10.1 Å². The van der Waals surface area contributed by atoms with Crippen molar-refractivity contribution >= 4 is 16.6 Å². The van der Waals surface area contributed by atoms with Crippen LogP contribution >= 0.6 is 0 Å². The Bertz CT molecular complexity index is 757. The molecule has 1 aromatic carbocycles. The van der Waals surface area contributed by atoms with Gasteiger partial charge < -0.3 is 9.09 Å². The van der Waals surface area contributed by atoms with Crippen molar-refractivity contribution in [1.29, 1.82) is 0 Å². The van der Waals surface area contributed by atoms with Gasteiger partial charge in [-0.25, -0.2) is 0 Å². The quantitative estimate of drug-likeness (QED) is 0.534. The van der Waals surface area contributed by atoms with Gasteiger partial charge in [0.05, 0.1) is 11.5 Å². The average Bonchev–Trinajstić information content (AvgIpc) is 2.96. The van der Waals surface area contributed by atoms with Crippen LogP contribution in [-0.2, 0) is 6.54 Å². The number of non-ortho nitro benzene ring substituents is 1. The summed E-state index contributed by atoms with van der Waals surface area (Å²) in [6, 6.07) is 8.56. The molecule has 0 fully saturated rings. The molecule has 0 bridgehead atoms. The van der Waals surface area contributed by atoms with Gasteiger partial charge in [-0.15, -0.1) is 0 Å². The van der Waals surface area contributed by atoms with Crippen molar-refractivity contribution in [2.45, 2.75) is 13.5 Å². The molecule has 0 atom stereocenters. The number of nitro groups is 1. The molecule has 19 heavy (non-hydrogen) atoms. The molecule has 0 saturated heterocycles. The Hall–Kier alpha value is -2.63. The second kappa shape index (κ2) is 4.24. The minimum absolute atomic E-state index is 0.0996. The molecular weight excluding hydrogens is 246 g/mol. The van der Waals surface area contributed by atoms with Crippen molar-refractivity contribution in [1.82, 2.24) is 9.72 Å². The fourth-order valence-corrected chi connectivity index (χ4v) is 2.11. The van der Waals surface area contributed by atoms with Gasteiger partial charge in [-0.1, -0.05) is 5.16 Å². The number of nitrogens with zero attached hydrogens (tertiary/aromatic N) is 3. The third kappa shape index (κ3) is 2.08. The molecule has 0 saturated carbocycles. The molecule has 0 N–H and O–H groups in total. The molecule has 2 heterocycles. The number of aromatic nitrogens is 2. The fourth-order valence-electron chi connectivity index (χ4n) is 2.11. The van der Waals surface area contributed by atoms with Crippen LogP contribution < -0.4 is 0 Å². The molecule has 6 heteroatoms. The lowest BCUT2D eigenvalue weighted by Gasteiger charge is -2.01. The Balaban J connectivity index is 1.99. The SMILES string of the molecule is Cc1cc(Cn2ccc3cc([N+](=O)[O-])ccc32)no1. The maximum Gasteiger partial charge on any atom is 0.270 e. The summed E-state index contributed by atoms with van der Waals surface area (Å²) in [5.74, 6) is 0.766. The number of nitro benzene ring substituents is 1. The zero-order valence-electron chi connectivity index (χ0n) is 10.2. The molecule has 3 rings (SSSR count). The maximum atomic E-state index is 10.7. The molecular formula is C13H11N3O3. The van der Waals surface area contributed by atoms with Crippen LogP contribution in [0.4, 0.5) is 5.69 Å². The van der Waals surface area contributed by atoms with Crippen LogP contribution in [0.1, 0.15) is 11.5 Å². The summed E-state index contributed by atoms with van der Waals surface area (Å²) in [6.07, 6.45) is 1.89. The van der Waals surface area contributed by atoms with E-state index in [4.69, 9.17) is 4.52 Å². The highest BCUT2D eigenvalue weighted by molar-refractivity contribution is 5.82. The first-order chi connectivity index (χ1) is 9.13. The minimum Gasteiger partial charge on any atom is -0.361 e. The van der Waals surface area contributed by atoms with Crippen molar-refractivity contribution in [2.75, 3.05) is 0 Å². The number of rotatable bonds is 3. The Labute approximate surface area is 108 Å². The van der Waals surface area contributed by atoms with Gasteiger partial charge in [0.1, 0.15) is 11.5 Å². The zero-order chi connectivity index (χ0) is 13.4. The Morgan fingerprint density at radius 1 is 1.37 bits per heavy atom. The maximum absolute atomic E-state index is 10.7. The van der Waals surface area contributed by atoms with Crippen molar-refractivity contribution in [3.05, 3.63) is 58.1 Å². The van der Waals surface area contributed by atoms with Crippen molar-refractivity contribution in [3.63, 3.8) is 0 Å². The topological polar surface area (TPSA) is 74.1 Å². The molecule has 0 spiro atoms. The summed E-state index contributed by atoms with van der Waals surface area (Å²) in [7, 11) is 0. The largest absolute Gasteiger partial charge is 0.361 e. The first kappa shape index (κ1) is 11.5. The van der Waals surface area contributed by atoms with Crippen LogP contribution in [0.25, 0.3) is 10.9 Å². The molecule has 0 unspecified atom stereocenters. The van der Waals surface area contributed by atoms with E-state index in [9.17, 15) is 10.1 Å². The lowest BCUT2D eigenvalue weighted by Crippen LogP contribution is -1.97. The Morgan fingerprint density at radius 3 is 2.89 bits per heavy atom. The standard InChI is InChI=1S/C13H11N3O3/c1-9-6-11(14-19-9)8-15-5-4-10-7-12(16(17)18)2-3-13(10)15/h2-7H,8H2,1H3. The third-order valence-electron chi connectivity index (χ3n) is 2.97. The van der Waals surface area contributed by atoms with Crippen LogP contribution in [-0.4, -0.2) is 14.6 Å². The summed E-state index contributed by atoms with van der Waals surface area (Å²) in [5.41, 5.74) is 1.86. The van der Waals surface area contributed by atoms with Crippen LogP contribution in [0.3, 0.4) is 0 Å². The number of fused-ring (bicyclic) bond motifs is 1. The van der Waals surface area contributed by atoms with Crippen LogP contribution in [0.5, 0.6) is 0 Å². The van der Waals surface area contributed by atoms with E-state index in [2.05, 4.69) is 5.16 Å². The highest BCUT2D eigenvalue weighted by Crippen LogP contribution is 2.22. The van der Waals surface area contributed by atoms with Crippen LogP contribution in [0.15, 0.2) is 41.1 Å². The summed E-state index contributed by atoms with van der Waals surface area (Å²) in [6.45, 7) is 2.42. The van der Waals surface area contributed by atoms with Gasteiger partial charge in [0, 0.05) is 35.3 Å². The molecule has 0 amide bonds. The first-order valence-corrected chi connectivity index (χ1v) is 5.79. The third-order valence-corrected chi connectivity index (χ3v) is 2.97. The Kier molecular flexibility index (Phi) is 2.56. The number of aryl methyl sites for hydroxylation is 1. The van der Waals surface area contributed by atoms with E-state index in [1.54, 1.807) is 12.1 Å². The van der Waals surface area contributed by atoms with Crippen molar-refractivity contribution < 1.29 is 9.45 Å². The van der Waals surface area contributed by atoms with E-state index in [1.165, 1.54) is 6.07 Å². The smallest absolute Gasteiger partial charge is 0.270 e. The van der Waals surface area contributed by atoms with Crippen molar-refractivity contribution in [2.24, 2.45) is 0 Å². The van der Waals surface area contributed by atoms with Gasteiger partial charge >= 0.3 is 0 Å². The lowest BCUT2D eigenvalue weighted by atomic mass is 10.2. The minimum atomic E-state index is -0.391. The molecule has 0 aliphatic carbocycles. The highest BCUT2D eigenvalue weighted by Gasteiger charge is 2.09. The molecule has 2 aromatic heterocycles. The summed E-state index contributed by atoms with van der Waals surface area (Å²) in [4.78, 5) is 10.3. The fraction of sp³-hybridized carbons (Fsp3) is 0.154. The predicted octanol–water partition coefficient (Wildman–Crippen LogP) is 2.89. The zero-order valence-corrected chi connectivity index (χ0v) is 10.2. The van der Waals surface area contributed by atoms with Gasteiger partial charge in [-0.05, 0) is 19.1 Å². The molecule has 96 valence electrons. The van der Waals surface area contributed by atoms with E-state index in [1.807, 2.05) is 29.8 Å². The van der Waals surface area contributed by atoms with Gasteiger partial charge in [-0.2, -0.15) is 0 Å². The predicted molar refractivity (Wildman–Crippen MR) is 68.9 cm³/mol. The Morgan fingerprint density at radius 2 is 2.21 bits per heavy atom. The second-order valence-electron chi connectivity index (χ2n) is 4.37. The molecule has 0 radical (unpaired) electrons. The molecule has 0 aliphatic rings. The molecule has 6 nitrogen and oxygen atoms in total. The van der Waals surface area contributed by atoms with E-state index in [0.717, 1.165) is 22.4 Å². The monoisotopic (exact) mass is 257 g/mol. The van der Waals surface area contributed by atoms with Crippen LogP contribution in [0.2, 0.25) is 0 Å². The number of benzene rings is 1. The normalized spacial score (nSPS) is 11.0. The molecule has 3 aromatic rings. The highest BCUT2D eigenvalue weighted by atomic mass is 16.6. The van der Waals surface area contributed by atoms with Gasteiger partial charge in [0.2, 0.25) is 0 Å². The first-order valence-electron chi connectivity index (χ1n) is 5.79. The molecule has 0 aliphatic heterocycles. The summed E-state index contributed by atoms with van der Waals surface area (Å²) >= 11 is 0. The van der Waals surface area contributed by atoms with Crippen molar-refractivity contribution in [3.8, 4) is 0 Å². The second-order valence-corrected chi connectivity index (χ2v) is 4.37. The van der Waals surface area contributed by atoms with E-state index >= 15 is 0 Å².